The van der Waals surface area contributed by atoms with E-state index < -0.39 is 10.0 Å². The van der Waals surface area contributed by atoms with Gasteiger partial charge in [-0.05, 0) is 55.2 Å². The summed E-state index contributed by atoms with van der Waals surface area (Å²) in [7, 11) is -3.62. The third-order valence-electron chi connectivity index (χ3n) is 4.05. The van der Waals surface area contributed by atoms with E-state index in [1.807, 2.05) is 37.3 Å². The molecule has 0 radical (unpaired) electrons. The Hall–Kier alpha value is -2.18. The molecule has 0 aliphatic rings. The summed E-state index contributed by atoms with van der Waals surface area (Å²) in [4.78, 5) is 12.3. The van der Waals surface area contributed by atoms with Crippen LogP contribution in [-0.2, 0) is 21.2 Å². The molecule has 0 aromatic heterocycles. The van der Waals surface area contributed by atoms with Gasteiger partial charge in [0.1, 0.15) is 0 Å². The van der Waals surface area contributed by atoms with Gasteiger partial charge in [-0.3, -0.25) is 4.79 Å². The first-order chi connectivity index (χ1) is 12.3. The molecule has 0 aliphatic carbocycles. The number of carbonyl (C=O) groups is 1. The monoisotopic (exact) mass is 374 g/mol. The van der Waals surface area contributed by atoms with Crippen LogP contribution in [0.1, 0.15) is 36.5 Å². The summed E-state index contributed by atoms with van der Waals surface area (Å²) in [5.41, 5.74) is 3.50. The maximum absolute atomic E-state index is 12.4. The van der Waals surface area contributed by atoms with Gasteiger partial charge in [0.15, 0.2) is 0 Å². The Morgan fingerprint density at radius 2 is 1.73 bits per heavy atom. The molecule has 5 nitrogen and oxygen atoms in total. The van der Waals surface area contributed by atoms with Crippen molar-refractivity contribution >= 4 is 21.6 Å². The van der Waals surface area contributed by atoms with Crippen LogP contribution in [0, 0.1) is 13.8 Å². The molecular weight excluding hydrogens is 348 g/mol. The molecule has 0 saturated heterocycles. The highest BCUT2D eigenvalue weighted by Crippen LogP contribution is 2.16. The molecule has 0 spiro atoms. The number of rotatable bonds is 8. The Labute approximate surface area is 155 Å². The molecule has 0 fully saturated rings. The maximum atomic E-state index is 12.4. The van der Waals surface area contributed by atoms with Crippen LogP contribution in [0.2, 0.25) is 0 Å². The summed E-state index contributed by atoms with van der Waals surface area (Å²) in [5, 5.41) is 2.78. The van der Waals surface area contributed by atoms with E-state index in [-0.39, 0.29) is 23.8 Å². The van der Waals surface area contributed by atoms with Crippen molar-refractivity contribution in [1.82, 2.24) is 4.72 Å². The van der Waals surface area contributed by atoms with Crippen LogP contribution < -0.4 is 10.0 Å². The molecule has 2 rings (SSSR count). The number of hydrogen-bond donors (Lipinski definition) is 2. The topological polar surface area (TPSA) is 75.3 Å². The highest BCUT2D eigenvalue weighted by molar-refractivity contribution is 7.89. The summed E-state index contributed by atoms with van der Waals surface area (Å²) in [6, 6.07) is 13.0. The zero-order chi connectivity index (χ0) is 19.2. The Bertz CT molecular complexity index is 859. The number of amides is 1. The molecule has 6 heteroatoms. The second-order valence-corrected chi connectivity index (χ2v) is 8.15. The number of aryl methyl sites for hydroxylation is 3. The van der Waals surface area contributed by atoms with Crippen molar-refractivity contribution in [3.05, 3.63) is 59.2 Å². The molecule has 2 aromatic rings. The first-order valence-corrected chi connectivity index (χ1v) is 10.3. The lowest BCUT2D eigenvalue weighted by molar-refractivity contribution is -0.116. The smallest absolute Gasteiger partial charge is 0.240 e. The predicted octanol–water partition coefficient (Wildman–Crippen LogP) is 3.56. The Kier molecular flexibility index (Phi) is 6.94. The fourth-order valence-electron chi connectivity index (χ4n) is 2.64. The summed E-state index contributed by atoms with van der Waals surface area (Å²) in [6.07, 6.45) is 2.15. The lowest BCUT2D eigenvalue weighted by Crippen LogP contribution is -2.28. The number of anilines is 1. The second-order valence-electron chi connectivity index (χ2n) is 6.41. The molecule has 0 heterocycles. The third-order valence-corrected chi connectivity index (χ3v) is 5.66. The fraction of sp³-hybridized carbons (Fsp3) is 0.350. The fourth-order valence-corrected chi connectivity index (χ4v) is 4.00. The molecule has 2 N–H and O–H groups in total. The Balaban J connectivity index is 1.88. The van der Waals surface area contributed by atoms with Gasteiger partial charge in [0.25, 0.3) is 0 Å². The lowest BCUT2D eigenvalue weighted by atomic mass is 10.1. The van der Waals surface area contributed by atoms with Gasteiger partial charge in [-0.1, -0.05) is 37.6 Å². The minimum atomic E-state index is -3.62. The average Bonchev–Trinajstić information content (AvgIpc) is 2.59. The largest absolute Gasteiger partial charge is 0.326 e. The average molecular weight is 375 g/mol. The molecule has 0 atom stereocenters. The highest BCUT2D eigenvalue weighted by atomic mass is 32.2. The van der Waals surface area contributed by atoms with Gasteiger partial charge in [0.05, 0.1) is 4.90 Å². The second kappa shape index (κ2) is 8.96. The zero-order valence-corrected chi connectivity index (χ0v) is 16.3. The van der Waals surface area contributed by atoms with E-state index in [1.54, 1.807) is 19.1 Å². The Morgan fingerprint density at radius 1 is 1.04 bits per heavy atom. The molecule has 0 bridgehead atoms. The zero-order valence-electron chi connectivity index (χ0n) is 15.5. The number of hydrogen-bond acceptors (Lipinski definition) is 3. The lowest BCUT2D eigenvalue weighted by Gasteiger charge is -2.10. The molecule has 0 aliphatic heterocycles. The molecule has 2 aromatic carbocycles. The number of carbonyl (C=O) groups excluding carboxylic acids is 1. The maximum Gasteiger partial charge on any atom is 0.240 e. The van der Waals surface area contributed by atoms with E-state index in [1.165, 1.54) is 5.56 Å². The van der Waals surface area contributed by atoms with Crippen molar-refractivity contribution in [2.75, 3.05) is 11.9 Å². The first-order valence-electron chi connectivity index (χ1n) is 8.77. The summed E-state index contributed by atoms with van der Waals surface area (Å²) >= 11 is 0. The van der Waals surface area contributed by atoms with Gasteiger partial charge < -0.3 is 5.32 Å². The molecule has 140 valence electrons. The molecule has 26 heavy (non-hydrogen) atoms. The predicted molar refractivity (Wildman–Crippen MR) is 105 cm³/mol. The van der Waals surface area contributed by atoms with Crippen LogP contribution in [0.25, 0.3) is 0 Å². The van der Waals surface area contributed by atoms with E-state index in [9.17, 15) is 13.2 Å². The summed E-state index contributed by atoms with van der Waals surface area (Å²) < 4.78 is 27.3. The van der Waals surface area contributed by atoms with Crippen molar-refractivity contribution in [2.24, 2.45) is 0 Å². The minimum Gasteiger partial charge on any atom is -0.326 e. The standard InChI is InChI=1S/C20H26N2O3S/c1-4-5-17-8-10-18(11-9-17)22-20(23)12-13-21-26(24,25)19-14-15(2)6-7-16(19)3/h6-11,14,21H,4-5,12-13H2,1-3H3,(H,22,23). The van der Waals surface area contributed by atoms with Crippen molar-refractivity contribution in [3.63, 3.8) is 0 Å². The van der Waals surface area contributed by atoms with Crippen LogP contribution in [0.3, 0.4) is 0 Å². The van der Waals surface area contributed by atoms with Crippen LogP contribution in [0.5, 0.6) is 0 Å². The van der Waals surface area contributed by atoms with Gasteiger partial charge in [-0.15, -0.1) is 0 Å². The third kappa shape index (κ3) is 5.68. The van der Waals surface area contributed by atoms with Crippen LogP contribution in [0.15, 0.2) is 47.4 Å². The van der Waals surface area contributed by atoms with Crippen molar-refractivity contribution in [3.8, 4) is 0 Å². The van der Waals surface area contributed by atoms with Gasteiger partial charge in [0, 0.05) is 18.7 Å². The van der Waals surface area contributed by atoms with E-state index >= 15 is 0 Å². The van der Waals surface area contributed by atoms with Gasteiger partial charge >= 0.3 is 0 Å². The highest BCUT2D eigenvalue weighted by Gasteiger charge is 2.17. The van der Waals surface area contributed by atoms with E-state index in [4.69, 9.17) is 0 Å². The number of nitrogens with one attached hydrogen (secondary N) is 2. The normalized spacial score (nSPS) is 11.3. The van der Waals surface area contributed by atoms with Crippen molar-refractivity contribution in [2.45, 2.75) is 44.9 Å². The number of sulfonamides is 1. The Morgan fingerprint density at radius 3 is 2.38 bits per heavy atom. The van der Waals surface area contributed by atoms with Crippen molar-refractivity contribution < 1.29 is 13.2 Å². The summed E-state index contributed by atoms with van der Waals surface area (Å²) in [6.45, 7) is 5.77. The van der Waals surface area contributed by atoms with E-state index in [2.05, 4.69) is 17.0 Å². The molecule has 0 unspecified atom stereocenters. The SMILES string of the molecule is CCCc1ccc(NC(=O)CCNS(=O)(=O)c2cc(C)ccc2C)cc1. The van der Waals surface area contributed by atoms with Crippen molar-refractivity contribution in [1.29, 1.82) is 0 Å². The first kappa shape index (κ1) is 20.1. The van der Waals surface area contributed by atoms with Gasteiger partial charge in [0.2, 0.25) is 15.9 Å². The van der Waals surface area contributed by atoms with Crippen LogP contribution in [0.4, 0.5) is 5.69 Å². The van der Waals surface area contributed by atoms with Gasteiger partial charge in [-0.25, -0.2) is 13.1 Å². The molecular formula is C20H26N2O3S. The quantitative estimate of drug-likeness (QED) is 0.742. The van der Waals surface area contributed by atoms with Gasteiger partial charge in [-0.2, -0.15) is 0 Å². The number of benzene rings is 2. The molecule has 0 saturated carbocycles. The van der Waals surface area contributed by atoms with E-state index in [0.717, 1.165) is 18.4 Å². The molecule has 1 amide bonds. The minimum absolute atomic E-state index is 0.0511. The van der Waals surface area contributed by atoms with Crippen LogP contribution >= 0.6 is 0 Å². The van der Waals surface area contributed by atoms with Crippen LogP contribution in [-0.4, -0.2) is 20.9 Å². The van der Waals surface area contributed by atoms with E-state index in [0.29, 0.717) is 11.3 Å². The summed E-state index contributed by atoms with van der Waals surface area (Å²) in [5.74, 6) is -0.225.